The minimum atomic E-state index is -0.194. The van der Waals surface area contributed by atoms with Crippen molar-refractivity contribution in [1.29, 1.82) is 0 Å². The highest BCUT2D eigenvalue weighted by atomic mass is 32.1. The SMILES string of the molecule is C=CCOc1ccc(/C=C/C(=O)Nc2nc3c(s2)CC(C)CC3)cc1OC. The van der Waals surface area contributed by atoms with Gasteiger partial charge in [-0.2, -0.15) is 0 Å². The van der Waals surface area contributed by atoms with Gasteiger partial charge in [0.05, 0.1) is 12.8 Å². The van der Waals surface area contributed by atoms with Gasteiger partial charge in [0.25, 0.3) is 0 Å². The number of aryl methyl sites for hydroxylation is 1. The summed E-state index contributed by atoms with van der Waals surface area (Å²) in [5, 5.41) is 3.54. The summed E-state index contributed by atoms with van der Waals surface area (Å²) in [6.07, 6.45) is 8.14. The molecule has 1 amide bonds. The molecule has 0 bridgehead atoms. The fourth-order valence-corrected chi connectivity index (χ4v) is 4.14. The van der Waals surface area contributed by atoms with Gasteiger partial charge in [0.1, 0.15) is 6.61 Å². The van der Waals surface area contributed by atoms with Crippen molar-refractivity contribution in [3.05, 3.63) is 53.1 Å². The van der Waals surface area contributed by atoms with Gasteiger partial charge in [-0.05, 0) is 49.0 Å². The molecule has 1 aromatic heterocycles. The van der Waals surface area contributed by atoms with E-state index < -0.39 is 0 Å². The van der Waals surface area contributed by atoms with Crippen LogP contribution in [0.4, 0.5) is 5.13 Å². The van der Waals surface area contributed by atoms with E-state index in [2.05, 4.69) is 23.8 Å². The molecule has 6 heteroatoms. The zero-order chi connectivity index (χ0) is 19.2. The Bertz CT molecular complexity index is 857. The largest absolute Gasteiger partial charge is 0.493 e. The van der Waals surface area contributed by atoms with Gasteiger partial charge in [-0.15, -0.1) is 11.3 Å². The number of methoxy groups -OCH3 is 1. The van der Waals surface area contributed by atoms with Gasteiger partial charge in [-0.25, -0.2) is 4.98 Å². The van der Waals surface area contributed by atoms with Crippen LogP contribution in [0.1, 0.15) is 29.5 Å². The molecule has 0 aliphatic heterocycles. The lowest BCUT2D eigenvalue weighted by Gasteiger charge is -2.15. The number of carbonyl (C=O) groups excluding carboxylic acids is 1. The number of thiazole rings is 1. The molecule has 142 valence electrons. The average molecular weight is 385 g/mol. The average Bonchev–Trinajstić information content (AvgIpc) is 3.06. The highest BCUT2D eigenvalue weighted by Crippen LogP contribution is 2.32. The Hall–Kier alpha value is -2.60. The number of anilines is 1. The molecule has 1 aromatic carbocycles. The van der Waals surface area contributed by atoms with Crippen LogP contribution in [0.15, 0.2) is 36.9 Å². The minimum Gasteiger partial charge on any atom is -0.493 e. The van der Waals surface area contributed by atoms with Gasteiger partial charge in [0, 0.05) is 11.0 Å². The first-order valence-electron chi connectivity index (χ1n) is 8.98. The van der Waals surface area contributed by atoms with E-state index >= 15 is 0 Å². The first kappa shape index (κ1) is 19.2. The third kappa shape index (κ3) is 4.98. The third-order valence-corrected chi connectivity index (χ3v) is 5.42. The Morgan fingerprint density at radius 1 is 1.44 bits per heavy atom. The zero-order valence-corrected chi connectivity index (χ0v) is 16.5. The minimum absolute atomic E-state index is 0.194. The van der Waals surface area contributed by atoms with Crippen molar-refractivity contribution in [3.63, 3.8) is 0 Å². The number of aromatic nitrogens is 1. The van der Waals surface area contributed by atoms with Crippen molar-refractivity contribution >= 4 is 28.5 Å². The van der Waals surface area contributed by atoms with E-state index in [1.54, 1.807) is 30.6 Å². The first-order valence-corrected chi connectivity index (χ1v) is 9.80. The van der Waals surface area contributed by atoms with E-state index in [9.17, 15) is 4.79 Å². The number of carbonyl (C=O) groups is 1. The Kier molecular flexibility index (Phi) is 6.29. The van der Waals surface area contributed by atoms with Gasteiger partial charge < -0.3 is 9.47 Å². The summed E-state index contributed by atoms with van der Waals surface area (Å²) < 4.78 is 10.9. The predicted molar refractivity (Wildman–Crippen MR) is 110 cm³/mol. The van der Waals surface area contributed by atoms with E-state index in [1.165, 1.54) is 17.4 Å². The van der Waals surface area contributed by atoms with Gasteiger partial charge >= 0.3 is 0 Å². The van der Waals surface area contributed by atoms with Crippen LogP contribution in [-0.4, -0.2) is 24.6 Å². The number of fused-ring (bicyclic) bond motifs is 1. The number of nitrogens with zero attached hydrogens (tertiary/aromatic N) is 1. The number of ether oxygens (including phenoxy) is 2. The van der Waals surface area contributed by atoms with Crippen molar-refractivity contribution in [1.82, 2.24) is 4.98 Å². The van der Waals surface area contributed by atoms with Gasteiger partial charge in [-0.3, -0.25) is 10.1 Å². The summed E-state index contributed by atoms with van der Waals surface area (Å²) in [6.45, 7) is 6.29. The molecule has 1 atom stereocenters. The number of rotatable bonds is 7. The molecular formula is C21H24N2O3S. The normalized spacial score (nSPS) is 16.0. The van der Waals surface area contributed by atoms with Crippen molar-refractivity contribution in [2.45, 2.75) is 26.2 Å². The molecule has 1 N–H and O–H groups in total. The summed E-state index contributed by atoms with van der Waals surface area (Å²) in [4.78, 5) is 18.1. The van der Waals surface area contributed by atoms with Gasteiger partial charge in [-0.1, -0.05) is 25.6 Å². The quantitative estimate of drug-likeness (QED) is 0.564. The molecule has 1 aliphatic carbocycles. The third-order valence-electron chi connectivity index (χ3n) is 4.39. The molecule has 3 rings (SSSR count). The molecule has 0 saturated carbocycles. The topological polar surface area (TPSA) is 60.5 Å². The van der Waals surface area contributed by atoms with Crippen LogP contribution in [0.5, 0.6) is 11.5 Å². The smallest absolute Gasteiger partial charge is 0.250 e. The Balaban J connectivity index is 1.63. The van der Waals surface area contributed by atoms with E-state index in [4.69, 9.17) is 9.47 Å². The van der Waals surface area contributed by atoms with Gasteiger partial charge in [0.15, 0.2) is 16.6 Å². The fraction of sp³-hybridized carbons (Fsp3) is 0.333. The zero-order valence-electron chi connectivity index (χ0n) is 15.7. The molecule has 0 spiro atoms. The van der Waals surface area contributed by atoms with Crippen LogP contribution < -0.4 is 14.8 Å². The second-order valence-electron chi connectivity index (χ2n) is 6.57. The summed E-state index contributed by atoms with van der Waals surface area (Å²) in [5.74, 6) is 1.75. The maximum absolute atomic E-state index is 12.2. The van der Waals surface area contributed by atoms with Crippen molar-refractivity contribution < 1.29 is 14.3 Å². The van der Waals surface area contributed by atoms with Gasteiger partial charge in [0.2, 0.25) is 5.91 Å². The Morgan fingerprint density at radius 2 is 2.30 bits per heavy atom. The molecular weight excluding hydrogens is 360 g/mol. The lowest BCUT2D eigenvalue weighted by Crippen LogP contribution is -2.09. The van der Waals surface area contributed by atoms with Crippen LogP contribution in [0.25, 0.3) is 6.08 Å². The van der Waals surface area contributed by atoms with E-state index in [0.717, 1.165) is 24.1 Å². The molecule has 2 aromatic rings. The summed E-state index contributed by atoms with van der Waals surface area (Å²) in [5.41, 5.74) is 1.98. The first-order chi connectivity index (χ1) is 13.1. The van der Waals surface area contributed by atoms with Crippen LogP contribution in [-0.2, 0) is 17.6 Å². The number of hydrogen-bond donors (Lipinski definition) is 1. The molecule has 1 heterocycles. The molecule has 0 fully saturated rings. The van der Waals surface area contributed by atoms with Crippen LogP contribution in [0.2, 0.25) is 0 Å². The summed E-state index contributed by atoms with van der Waals surface area (Å²) in [7, 11) is 1.58. The number of amides is 1. The molecule has 1 unspecified atom stereocenters. The molecule has 0 radical (unpaired) electrons. The van der Waals surface area contributed by atoms with Crippen molar-refractivity contribution in [2.75, 3.05) is 19.0 Å². The number of hydrogen-bond acceptors (Lipinski definition) is 5. The lowest BCUT2D eigenvalue weighted by atomic mass is 9.93. The van der Waals surface area contributed by atoms with Crippen LogP contribution >= 0.6 is 11.3 Å². The van der Waals surface area contributed by atoms with Crippen molar-refractivity contribution in [3.8, 4) is 11.5 Å². The van der Waals surface area contributed by atoms with E-state index in [1.807, 2.05) is 18.2 Å². The monoisotopic (exact) mass is 384 g/mol. The lowest BCUT2D eigenvalue weighted by molar-refractivity contribution is -0.111. The fourth-order valence-electron chi connectivity index (χ4n) is 2.97. The highest BCUT2D eigenvalue weighted by molar-refractivity contribution is 7.15. The Morgan fingerprint density at radius 3 is 3.07 bits per heavy atom. The molecule has 5 nitrogen and oxygen atoms in total. The maximum Gasteiger partial charge on any atom is 0.250 e. The summed E-state index contributed by atoms with van der Waals surface area (Å²) in [6, 6.07) is 5.51. The second-order valence-corrected chi connectivity index (χ2v) is 7.65. The van der Waals surface area contributed by atoms with E-state index in [0.29, 0.717) is 29.2 Å². The Labute approximate surface area is 163 Å². The summed E-state index contributed by atoms with van der Waals surface area (Å²) >= 11 is 1.58. The predicted octanol–water partition coefficient (Wildman–Crippen LogP) is 4.49. The van der Waals surface area contributed by atoms with Crippen LogP contribution in [0.3, 0.4) is 0 Å². The highest BCUT2D eigenvalue weighted by Gasteiger charge is 2.20. The molecule has 27 heavy (non-hydrogen) atoms. The van der Waals surface area contributed by atoms with Crippen molar-refractivity contribution in [2.24, 2.45) is 5.92 Å². The second kappa shape index (κ2) is 8.86. The van der Waals surface area contributed by atoms with E-state index in [-0.39, 0.29) is 5.91 Å². The molecule has 1 aliphatic rings. The maximum atomic E-state index is 12.2. The van der Waals surface area contributed by atoms with Crippen LogP contribution in [0, 0.1) is 5.92 Å². The number of nitrogens with one attached hydrogen (secondary N) is 1. The standard InChI is InChI=1S/C21H24N2O3S/c1-4-11-26-17-9-6-15(13-18(17)25-3)7-10-20(24)23-21-22-16-8-5-14(2)12-19(16)27-21/h4,6-7,9-10,13-14H,1,5,8,11-12H2,2-3H3,(H,22,23,24)/b10-7+. The molecule has 0 saturated heterocycles. The number of benzene rings is 1.